The molecular weight excluding hydrogens is 423 g/mol. The number of ketones is 1. The number of aromatic nitrogens is 1. The summed E-state index contributed by atoms with van der Waals surface area (Å²) in [6.45, 7) is 4.63. The van der Waals surface area contributed by atoms with Crippen molar-refractivity contribution in [1.29, 1.82) is 0 Å². The summed E-state index contributed by atoms with van der Waals surface area (Å²) < 4.78 is 19.2. The summed E-state index contributed by atoms with van der Waals surface area (Å²) in [5.41, 5.74) is 1.26. The van der Waals surface area contributed by atoms with Crippen LogP contribution in [0.1, 0.15) is 31.0 Å². The van der Waals surface area contributed by atoms with Crippen LogP contribution < -0.4 is 9.64 Å². The van der Waals surface area contributed by atoms with Gasteiger partial charge in [-0.1, -0.05) is 13.8 Å². The number of rotatable bonds is 6. The average molecular weight is 446 g/mol. The Hall–Kier alpha value is -4.00. The van der Waals surface area contributed by atoms with Gasteiger partial charge in [-0.15, -0.1) is 0 Å². The highest BCUT2D eigenvalue weighted by Crippen LogP contribution is 2.42. The number of aliphatic hydroxyl groups is 1. The molecular formula is C26H23FN2O4. The zero-order valence-corrected chi connectivity index (χ0v) is 18.2. The van der Waals surface area contributed by atoms with Gasteiger partial charge < -0.3 is 9.84 Å². The molecule has 1 aliphatic heterocycles. The molecule has 6 nitrogen and oxygen atoms in total. The van der Waals surface area contributed by atoms with E-state index >= 15 is 0 Å². The number of hydrogen-bond donors (Lipinski definition) is 1. The highest BCUT2D eigenvalue weighted by atomic mass is 19.1. The lowest BCUT2D eigenvalue weighted by Gasteiger charge is -2.25. The fourth-order valence-electron chi connectivity index (χ4n) is 3.69. The van der Waals surface area contributed by atoms with Crippen LogP contribution in [0.25, 0.3) is 5.76 Å². The van der Waals surface area contributed by atoms with E-state index in [1.807, 2.05) is 13.8 Å². The monoisotopic (exact) mass is 446 g/mol. The molecule has 2 heterocycles. The first-order chi connectivity index (χ1) is 15.9. The first-order valence-corrected chi connectivity index (χ1v) is 10.6. The van der Waals surface area contributed by atoms with Crippen molar-refractivity contribution in [2.45, 2.75) is 19.9 Å². The Morgan fingerprint density at radius 1 is 1.03 bits per heavy atom. The minimum absolute atomic E-state index is 0.0497. The van der Waals surface area contributed by atoms with E-state index in [4.69, 9.17) is 4.74 Å². The second-order valence-corrected chi connectivity index (χ2v) is 8.16. The number of aliphatic hydroxyl groups excluding tert-OH is 1. The van der Waals surface area contributed by atoms with Crippen LogP contribution >= 0.6 is 0 Å². The van der Waals surface area contributed by atoms with Crippen molar-refractivity contribution in [3.63, 3.8) is 0 Å². The standard InChI is InChI=1S/C26H23FN2O4/c1-16(2)15-33-21-9-3-18(4-10-21)24(30)22-23(17-11-13-28-14-12-17)29(26(32)25(22)31)20-7-5-19(27)6-8-20/h3-14,16,23,30H,15H2,1-2H3/b24-22-. The minimum Gasteiger partial charge on any atom is -0.507 e. The number of benzene rings is 2. The van der Waals surface area contributed by atoms with Crippen LogP contribution in [0.4, 0.5) is 10.1 Å². The molecule has 168 valence electrons. The van der Waals surface area contributed by atoms with E-state index in [-0.39, 0.29) is 11.3 Å². The molecule has 1 amide bonds. The molecule has 1 unspecified atom stereocenters. The Morgan fingerprint density at radius 3 is 2.27 bits per heavy atom. The molecule has 0 radical (unpaired) electrons. The van der Waals surface area contributed by atoms with Crippen molar-refractivity contribution < 1.29 is 23.8 Å². The molecule has 3 aromatic rings. The second-order valence-electron chi connectivity index (χ2n) is 8.16. The Kier molecular flexibility index (Phi) is 6.22. The molecule has 7 heteroatoms. The van der Waals surface area contributed by atoms with Gasteiger partial charge in [-0.05, 0) is 72.1 Å². The lowest BCUT2D eigenvalue weighted by molar-refractivity contribution is -0.132. The predicted molar refractivity (Wildman–Crippen MR) is 122 cm³/mol. The lowest BCUT2D eigenvalue weighted by Crippen LogP contribution is -2.29. The van der Waals surface area contributed by atoms with Crippen molar-refractivity contribution in [1.82, 2.24) is 4.98 Å². The molecule has 1 N–H and O–H groups in total. The third-order valence-corrected chi connectivity index (χ3v) is 5.28. The normalized spacial score (nSPS) is 17.6. The fraction of sp³-hybridized carbons (Fsp3) is 0.192. The molecule has 0 aliphatic carbocycles. The number of amides is 1. The zero-order valence-electron chi connectivity index (χ0n) is 18.2. The molecule has 4 rings (SSSR count). The van der Waals surface area contributed by atoms with Gasteiger partial charge in [0.1, 0.15) is 17.3 Å². The van der Waals surface area contributed by atoms with Crippen molar-refractivity contribution in [2.75, 3.05) is 11.5 Å². The number of nitrogens with zero attached hydrogens (tertiary/aromatic N) is 2. The molecule has 0 saturated carbocycles. The van der Waals surface area contributed by atoms with Gasteiger partial charge >= 0.3 is 0 Å². The summed E-state index contributed by atoms with van der Waals surface area (Å²) >= 11 is 0. The predicted octanol–water partition coefficient (Wildman–Crippen LogP) is 4.88. The number of pyridine rings is 1. The Labute approximate surface area is 191 Å². The third kappa shape index (κ3) is 4.48. The van der Waals surface area contributed by atoms with E-state index in [0.29, 0.717) is 35.1 Å². The van der Waals surface area contributed by atoms with E-state index < -0.39 is 23.5 Å². The number of carbonyl (C=O) groups excluding carboxylic acids is 2. The Balaban J connectivity index is 1.79. The molecule has 1 fully saturated rings. The Morgan fingerprint density at radius 2 is 1.67 bits per heavy atom. The number of Topliss-reactive ketones (excluding diaryl/α,β-unsaturated/α-hetero) is 1. The van der Waals surface area contributed by atoms with Gasteiger partial charge in [0.15, 0.2) is 0 Å². The summed E-state index contributed by atoms with van der Waals surface area (Å²) in [5, 5.41) is 11.1. The van der Waals surface area contributed by atoms with Gasteiger partial charge in [-0.25, -0.2) is 4.39 Å². The van der Waals surface area contributed by atoms with Gasteiger partial charge in [-0.2, -0.15) is 0 Å². The van der Waals surface area contributed by atoms with Crippen LogP contribution in [0, 0.1) is 11.7 Å². The molecule has 33 heavy (non-hydrogen) atoms. The number of ether oxygens (including phenoxy) is 1. The average Bonchev–Trinajstić information content (AvgIpc) is 3.09. The maximum atomic E-state index is 13.5. The smallest absolute Gasteiger partial charge is 0.300 e. The SMILES string of the molecule is CC(C)COc1ccc(/C(O)=C2/C(=O)C(=O)N(c3ccc(F)cc3)C2c2ccncc2)cc1. The summed E-state index contributed by atoms with van der Waals surface area (Å²) in [6.07, 6.45) is 3.09. The first kappa shape index (κ1) is 22.2. The van der Waals surface area contributed by atoms with E-state index in [0.717, 1.165) is 0 Å². The van der Waals surface area contributed by atoms with Crippen LogP contribution in [-0.4, -0.2) is 28.4 Å². The maximum Gasteiger partial charge on any atom is 0.300 e. The summed E-state index contributed by atoms with van der Waals surface area (Å²) in [5.74, 6) is -1.38. The van der Waals surface area contributed by atoms with E-state index in [1.54, 1.807) is 48.8 Å². The van der Waals surface area contributed by atoms with Gasteiger partial charge in [-0.3, -0.25) is 19.5 Å². The quantitative estimate of drug-likeness (QED) is 0.332. The van der Waals surface area contributed by atoms with Gasteiger partial charge in [0.25, 0.3) is 11.7 Å². The van der Waals surface area contributed by atoms with Crippen LogP contribution in [0.5, 0.6) is 5.75 Å². The Bertz CT molecular complexity index is 1190. The molecule has 0 spiro atoms. The van der Waals surface area contributed by atoms with E-state index in [9.17, 15) is 19.1 Å². The van der Waals surface area contributed by atoms with Crippen molar-refractivity contribution in [3.8, 4) is 5.75 Å². The summed E-state index contributed by atoms with van der Waals surface area (Å²) in [6, 6.07) is 14.4. The second kappa shape index (κ2) is 9.24. The first-order valence-electron chi connectivity index (χ1n) is 10.6. The van der Waals surface area contributed by atoms with E-state index in [1.165, 1.54) is 29.2 Å². The number of halogens is 1. The van der Waals surface area contributed by atoms with Crippen LogP contribution in [0.2, 0.25) is 0 Å². The lowest BCUT2D eigenvalue weighted by atomic mass is 9.95. The topological polar surface area (TPSA) is 79.7 Å². The number of carbonyl (C=O) groups is 2. The van der Waals surface area contributed by atoms with Crippen LogP contribution in [0.15, 0.2) is 78.6 Å². The van der Waals surface area contributed by atoms with Crippen LogP contribution in [0.3, 0.4) is 0 Å². The molecule has 1 aromatic heterocycles. The number of hydrogen-bond acceptors (Lipinski definition) is 5. The molecule has 1 saturated heterocycles. The molecule has 0 bridgehead atoms. The minimum atomic E-state index is -0.893. The van der Waals surface area contributed by atoms with Crippen molar-refractivity contribution in [3.05, 3.63) is 95.6 Å². The van der Waals surface area contributed by atoms with Crippen molar-refractivity contribution >= 4 is 23.1 Å². The maximum absolute atomic E-state index is 13.5. The molecule has 2 aromatic carbocycles. The highest BCUT2D eigenvalue weighted by Gasteiger charge is 2.46. The summed E-state index contributed by atoms with van der Waals surface area (Å²) in [4.78, 5) is 31.4. The highest BCUT2D eigenvalue weighted by molar-refractivity contribution is 6.51. The van der Waals surface area contributed by atoms with Crippen molar-refractivity contribution in [2.24, 2.45) is 5.92 Å². The molecule has 1 aliphatic rings. The largest absolute Gasteiger partial charge is 0.507 e. The van der Waals surface area contributed by atoms with Crippen LogP contribution in [-0.2, 0) is 9.59 Å². The van der Waals surface area contributed by atoms with Gasteiger partial charge in [0.05, 0.1) is 18.2 Å². The van der Waals surface area contributed by atoms with E-state index in [2.05, 4.69) is 4.98 Å². The molecule has 1 atom stereocenters. The van der Waals surface area contributed by atoms with Gasteiger partial charge in [0, 0.05) is 23.6 Å². The third-order valence-electron chi connectivity index (χ3n) is 5.28. The zero-order chi connectivity index (χ0) is 23.5. The summed E-state index contributed by atoms with van der Waals surface area (Å²) in [7, 11) is 0. The van der Waals surface area contributed by atoms with Gasteiger partial charge in [0.2, 0.25) is 0 Å². The fourth-order valence-corrected chi connectivity index (χ4v) is 3.69. The number of anilines is 1.